The van der Waals surface area contributed by atoms with E-state index in [1.807, 2.05) is 6.92 Å². The van der Waals surface area contributed by atoms with Crippen LogP contribution in [0.15, 0.2) is 10.0 Å². The number of nitrogens with one attached hydrogen (secondary N) is 1. The van der Waals surface area contributed by atoms with Gasteiger partial charge in [-0.2, -0.15) is 4.98 Å². The molecule has 6 nitrogen and oxygen atoms in total. The maximum absolute atomic E-state index is 12.7. The van der Waals surface area contributed by atoms with Crippen LogP contribution in [0.2, 0.25) is 0 Å². The molecule has 0 saturated heterocycles. The molecule has 1 aliphatic carbocycles. The number of hydrogen-bond acceptors (Lipinski definition) is 6. The Balaban J connectivity index is 1.91. The zero-order valence-electron chi connectivity index (χ0n) is 12.9. The van der Waals surface area contributed by atoms with Crippen molar-refractivity contribution >= 4 is 17.2 Å². The third-order valence-electron chi connectivity index (χ3n) is 4.22. The lowest BCUT2D eigenvalue weighted by atomic mass is 9.89. The molecule has 0 bridgehead atoms. The Labute approximate surface area is 133 Å². The number of aromatic nitrogens is 3. The molecule has 1 N–H and O–H groups in total. The van der Waals surface area contributed by atoms with Crippen LogP contribution in [0.25, 0.3) is 0 Å². The van der Waals surface area contributed by atoms with Crippen LogP contribution in [-0.2, 0) is 5.54 Å². The summed E-state index contributed by atoms with van der Waals surface area (Å²) in [5.41, 5.74) is 1.93. The molecule has 1 saturated carbocycles. The van der Waals surface area contributed by atoms with Gasteiger partial charge in [0.05, 0.1) is 11.2 Å². The lowest BCUT2D eigenvalue weighted by molar-refractivity contribution is 0.0880. The molecular weight excluding hydrogens is 300 g/mol. The summed E-state index contributed by atoms with van der Waals surface area (Å²) in [6.45, 7) is 3.62. The van der Waals surface area contributed by atoms with E-state index in [2.05, 4.69) is 20.4 Å². The molecule has 1 fully saturated rings. The fourth-order valence-corrected chi connectivity index (χ4v) is 3.72. The van der Waals surface area contributed by atoms with E-state index < -0.39 is 5.54 Å². The molecule has 22 heavy (non-hydrogen) atoms. The Kier molecular flexibility index (Phi) is 4.24. The highest BCUT2D eigenvalue weighted by Gasteiger charge is 2.39. The predicted molar refractivity (Wildman–Crippen MR) is 82.7 cm³/mol. The SMILES string of the molecule is Cc1nc(C2(NC(=O)c3scnc3C)CCCCCC2)no1. The van der Waals surface area contributed by atoms with Gasteiger partial charge in [-0.15, -0.1) is 11.3 Å². The van der Waals surface area contributed by atoms with Crippen molar-refractivity contribution in [3.63, 3.8) is 0 Å². The maximum atomic E-state index is 12.7. The summed E-state index contributed by atoms with van der Waals surface area (Å²) in [4.78, 5) is 21.9. The van der Waals surface area contributed by atoms with Gasteiger partial charge in [-0.1, -0.05) is 30.8 Å². The molecule has 1 amide bonds. The first kappa shape index (κ1) is 15.1. The highest BCUT2D eigenvalue weighted by molar-refractivity contribution is 7.11. The molecule has 2 aromatic heterocycles. The van der Waals surface area contributed by atoms with Crippen molar-refractivity contribution < 1.29 is 9.32 Å². The number of nitrogens with zero attached hydrogens (tertiary/aromatic N) is 3. The van der Waals surface area contributed by atoms with Gasteiger partial charge in [-0.3, -0.25) is 4.79 Å². The number of amides is 1. The third kappa shape index (κ3) is 2.90. The summed E-state index contributed by atoms with van der Waals surface area (Å²) < 4.78 is 5.16. The van der Waals surface area contributed by atoms with Gasteiger partial charge in [0.2, 0.25) is 5.89 Å². The van der Waals surface area contributed by atoms with Gasteiger partial charge in [-0.05, 0) is 19.8 Å². The predicted octanol–water partition coefficient (Wildman–Crippen LogP) is 3.12. The number of aryl methyl sites for hydroxylation is 2. The molecule has 3 rings (SSSR count). The maximum Gasteiger partial charge on any atom is 0.264 e. The first-order valence-corrected chi connectivity index (χ1v) is 8.52. The Bertz CT molecular complexity index is 656. The number of thiazole rings is 1. The van der Waals surface area contributed by atoms with Crippen LogP contribution < -0.4 is 5.32 Å². The average Bonchev–Trinajstić information content (AvgIpc) is 3.04. The first-order valence-electron chi connectivity index (χ1n) is 7.64. The van der Waals surface area contributed by atoms with Crippen LogP contribution >= 0.6 is 11.3 Å². The van der Waals surface area contributed by atoms with Crippen LogP contribution in [0.1, 0.15) is 65.6 Å². The van der Waals surface area contributed by atoms with Gasteiger partial charge in [-0.25, -0.2) is 4.98 Å². The van der Waals surface area contributed by atoms with Crippen molar-refractivity contribution in [1.82, 2.24) is 20.4 Å². The third-order valence-corrected chi connectivity index (χ3v) is 5.14. The van der Waals surface area contributed by atoms with E-state index in [1.165, 1.54) is 24.2 Å². The van der Waals surface area contributed by atoms with Crippen molar-refractivity contribution in [2.24, 2.45) is 0 Å². The van der Waals surface area contributed by atoms with Gasteiger partial charge >= 0.3 is 0 Å². The van der Waals surface area contributed by atoms with Gasteiger partial charge < -0.3 is 9.84 Å². The van der Waals surface area contributed by atoms with Crippen molar-refractivity contribution in [2.75, 3.05) is 0 Å². The Morgan fingerprint density at radius 1 is 1.27 bits per heavy atom. The minimum Gasteiger partial charge on any atom is -0.340 e. The second-order valence-corrected chi connectivity index (χ2v) is 6.71. The highest BCUT2D eigenvalue weighted by atomic mass is 32.1. The molecule has 2 heterocycles. The summed E-state index contributed by atoms with van der Waals surface area (Å²) in [7, 11) is 0. The van der Waals surface area contributed by atoms with Crippen LogP contribution in [-0.4, -0.2) is 21.0 Å². The van der Waals surface area contributed by atoms with E-state index in [-0.39, 0.29) is 5.91 Å². The Hall–Kier alpha value is -1.76. The van der Waals surface area contributed by atoms with Gasteiger partial charge in [0.15, 0.2) is 5.82 Å². The number of hydrogen-bond donors (Lipinski definition) is 1. The fourth-order valence-electron chi connectivity index (χ4n) is 3.02. The quantitative estimate of drug-likeness (QED) is 0.879. The zero-order chi connectivity index (χ0) is 15.6. The van der Waals surface area contributed by atoms with E-state index in [9.17, 15) is 4.79 Å². The summed E-state index contributed by atoms with van der Waals surface area (Å²) in [5, 5.41) is 7.29. The zero-order valence-corrected chi connectivity index (χ0v) is 13.7. The molecule has 0 atom stereocenters. The van der Waals surface area contributed by atoms with E-state index in [0.29, 0.717) is 16.6 Å². The molecule has 0 aromatic carbocycles. The standard InChI is InChI=1S/C15H20N4O2S/c1-10-12(22-9-16-10)13(20)18-15(7-5-3-4-6-8-15)14-17-11(2)21-19-14/h9H,3-8H2,1-2H3,(H,18,20). The van der Waals surface area contributed by atoms with Gasteiger partial charge in [0, 0.05) is 6.92 Å². The van der Waals surface area contributed by atoms with Crippen molar-refractivity contribution in [3.8, 4) is 0 Å². The van der Waals surface area contributed by atoms with Crippen LogP contribution in [0, 0.1) is 13.8 Å². The van der Waals surface area contributed by atoms with Crippen LogP contribution in [0.5, 0.6) is 0 Å². The summed E-state index contributed by atoms with van der Waals surface area (Å²) >= 11 is 1.36. The number of rotatable bonds is 3. The smallest absolute Gasteiger partial charge is 0.264 e. The van der Waals surface area contributed by atoms with Crippen molar-refractivity contribution in [2.45, 2.75) is 57.9 Å². The molecule has 0 aliphatic heterocycles. The van der Waals surface area contributed by atoms with E-state index in [0.717, 1.165) is 31.4 Å². The minimum absolute atomic E-state index is 0.0932. The van der Waals surface area contributed by atoms with E-state index >= 15 is 0 Å². The van der Waals surface area contributed by atoms with Gasteiger partial charge in [0.25, 0.3) is 5.91 Å². The first-order chi connectivity index (χ1) is 10.6. The van der Waals surface area contributed by atoms with E-state index in [1.54, 1.807) is 12.4 Å². The molecule has 7 heteroatoms. The Morgan fingerprint density at radius 3 is 2.55 bits per heavy atom. The van der Waals surface area contributed by atoms with Crippen LogP contribution in [0.4, 0.5) is 0 Å². The van der Waals surface area contributed by atoms with Crippen LogP contribution in [0.3, 0.4) is 0 Å². The summed E-state index contributed by atoms with van der Waals surface area (Å²) in [6.07, 6.45) is 6.14. The summed E-state index contributed by atoms with van der Waals surface area (Å²) in [6, 6.07) is 0. The fraction of sp³-hybridized carbons (Fsp3) is 0.600. The average molecular weight is 320 g/mol. The van der Waals surface area contributed by atoms with E-state index in [4.69, 9.17) is 4.52 Å². The molecule has 118 valence electrons. The Morgan fingerprint density at radius 2 is 2.00 bits per heavy atom. The topological polar surface area (TPSA) is 80.9 Å². The summed E-state index contributed by atoms with van der Waals surface area (Å²) in [5.74, 6) is 1.04. The number of carbonyl (C=O) groups excluding carboxylic acids is 1. The second-order valence-electron chi connectivity index (χ2n) is 5.85. The lowest BCUT2D eigenvalue weighted by Gasteiger charge is -2.30. The minimum atomic E-state index is -0.526. The molecule has 1 aliphatic rings. The monoisotopic (exact) mass is 320 g/mol. The normalized spacial score (nSPS) is 17.9. The highest BCUT2D eigenvalue weighted by Crippen LogP contribution is 2.35. The molecular formula is C15H20N4O2S. The molecule has 0 spiro atoms. The number of carbonyl (C=O) groups is 1. The van der Waals surface area contributed by atoms with Gasteiger partial charge in [0.1, 0.15) is 10.4 Å². The lowest BCUT2D eigenvalue weighted by Crippen LogP contribution is -2.46. The molecule has 2 aromatic rings. The molecule has 0 radical (unpaired) electrons. The van der Waals surface area contributed by atoms with Crippen molar-refractivity contribution in [3.05, 3.63) is 27.8 Å². The largest absolute Gasteiger partial charge is 0.340 e. The second kappa shape index (κ2) is 6.16. The molecule has 0 unspecified atom stereocenters. The van der Waals surface area contributed by atoms with Crippen molar-refractivity contribution in [1.29, 1.82) is 0 Å².